The molecule has 1 heterocycles. The Morgan fingerprint density at radius 1 is 1.33 bits per heavy atom. The third-order valence-electron chi connectivity index (χ3n) is 3.74. The first-order valence-corrected chi connectivity index (χ1v) is 6.93. The van der Waals surface area contributed by atoms with Gasteiger partial charge in [-0.3, -0.25) is 0 Å². The molecule has 0 saturated heterocycles. The van der Waals surface area contributed by atoms with Gasteiger partial charge >= 0.3 is 0 Å². The van der Waals surface area contributed by atoms with E-state index in [1.165, 1.54) is 6.42 Å². The van der Waals surface area contributed by atoms with E-state index < -0.39 is 5.60 Å². The van der Waals surface area contributed by atoms with E-state index in [0.29, 0.717) is 24.1 Å². The fourth-order valence-corrected chi connectivity index (χ4v) is 3.23. The van der Waals surface area contributed by atoms with Gasteiger partial charge < -0.3 is 9.63 Å². The van der Waals surface area contributed by atoms with E-state index >= 15 is 0 Å². The molecule has 0 spiro atoms. The van der Waals surface area contributed by atoms with Crippen molar-refractivity contribution in [3.05, 3.63) is 11.7 Å². The lowest BCUT2D eigenvalue weighted by Crippen LogP contribution is -2.39. The fraction of sp³-hybridized carbons (Fsp3) is 0.857. The summed E-state index contributed by atoms with van der Waals surface area (Å²) in [6.45, 7) is 8.48. The second-order valence-electron chi connectivity index (χ2n) is 6.46. The van der Waals surface area contributed by atoms with Gasteiger partial charge in [-0.2, -0.15) is 4.98 Å². The molecule has 1 aromatic rings. The average Bonchev–Trinajstić information content (AvgIpc) is 2.62. The fourth-order valence-electron chi connectivity index (χ4n) is 3.23. The van der Waals surface area contributed by atoms with Gasteiger partial charge in [-0.25, -0.2) is 0 Å². The van der Waals surface area contributed by atoms with Crippen LogP contribution in [0.1, 0.15) is 64.6 Å². The van der Waals surface area contributed by atoms with Crippen molar-refractivity contribution >= 4 is 0 Å². The molecule has 0 bridgehead atoms. The van der Waals surface area contributed by atoms with Crippen LogP contribution >= 0.6 is 0 Å². The monoisotopic (exact) mass is 252 g/mol. The van der Waals surface area contributed by atoms with E-state index in [1.54, 1.807) is 0 Å². The van der Waals surface area contributed by atoms with E-state index in [4.69, 9.17) is 4.52 Å². The summed E-state index contributed by atoms with van der Waals surface area (Å²) in [5.74, 6) is 2.69. The van der Waals surface area contributed by atoms with E-state index in [0.717, 1.165) is 18.7 Å². The molecule has 102 valence electrons. The van der Waals surface area contributed by atoms with Crippen LogP contribution < -0.4 is 0 Å². The summed E-state index contributed by atoms with van der Waals surface area (Å²) in [6.07, 6.45) is 3.35. The van der Waals surface area contributed by atoms with Gasteiger partial charge in [-0.15, -0.1) is 0 Å². The van der Waals surface area contributed by atoms with Gasteiger partial charge in [0.2, 0.25) is 5.89 Å². The van der Waals surface area contributed by atoms with E-state index in [-0.39, 0.29) is 5.92 Å². The van der Waals surface area contributed by atoms with Gasteiger partial charge in [0, 0.05) is 5.92 Å². The highest BCUT2D eigenvalue weighted by Crippen LogP contribution is 2.37. The third kappa shape index (κ3) is 3.10. The van der Waals surface area contributed by atoms with Gasteiger partial charge in [-0.1, -0.05) is 32.9 Å². The highest BCUT2D eigenvalue weighted by molar-refractivity contribution is 4.98. The Balaban J connectivity index is 2.06. The van der Waals surface area contributed by atoms with Crippen LogP contribution in [-0.2, 0) is 6.42 Å². The molecule has 1 aromatic heterocycles. The molecular weight excluding hydrogens is 228 g/mol. The van der Waals surface area contributed by atoms with Gasteiger partial charge in [0.1, 0.15) is 0 Å². The maximum Gasteiger partial charge on any atom is 0.229 e. The summed E-state index contributed by atoms with van der Waals surface area (Å²) in [7, 11) is 0. The summed E-state index contributed by atoms with van der Waals surface area (Å²) in [4.78, 5) is 4.36. The predicted octanol–water partition coefficient (Wildman–Crippen LogP) is 2.92. The second kappa shape index (κ2) is 5.00. The van der Waals surface area contributed by atoms with Crippen LogP contribution in [0.15, 0.2) is 4.52 Å². The van der Waals surface area contributed by atoms with Crippen molar-refractivity contribution in [2.45, 2.75) is 64.9 Å². The van der Waals surface area contributed by atoms with Crippen LogP contribution in [-0.4, -0.2) is 20.8 Å². The highest BCUT2D eigenvalue weighted by Gasteiger charge is 2.37. The Labute approximate surface area is 109 Å². The van der Waals surface area contributed by atoms with Crippen molar-refractivity contribution in [3.8, 4) is 0 Å². The molecule has 3 atom stereocenters. The van der Waals surface area contributed by atoms with Crippen LogP contribution in [0.2, 0.25) is 0 Å². The molecule has 4 nitrogen and oxygen atoms in total. The largest absolute Gasteiger partial charge is 0.389 e. The predicted molar refractivity (Wildman–Crippen MR) is 69.2 cm³/mol. The first-order valence-electron chi connectivity index (χ1n) is 6.93. The topological polar surface area (TPSA) is 59.2 Å². The van der Waals surface area contributed by atoms with Gasteiger partial charge in [-0.05, 0) is 31.1 Å². The minimum Gasteiger partial charge on any atom is -0.389 e. The molecule has 1 fully saturated rings. The molecule has 1 unspecified atom stereocenters. The summed E-state index contributed by atoms with van der Waals surface area (Å²) < 4.78 is 5.24. The second-order valence-corrected chi connectivity index (χ2v) is 6.46. The number of nitrogens with zero attached hydrogens (tertiary/aromatic N) is 2. The normalized spacial score (nSPS) is 33.0. The molecule has 0 radical (unpaired) electrons. The lowest BCUT2D eigenvalue weighted by molar-refractivity contribution is -0.0355. The molecule has 1 N–H and O–H groups in total. The molecular formula is C14H24N2O2. The Morgan fingerprint density at radius 3 is 2.44 bits per heavy atom. The average molecular weight is 252 g/mol. The number of rotatable bonds is 3. The minimum absolute atomic E-state index is 0.265. The lowest BCUT2D eigenvalue weighted by Gasteiger charge is -2.38. The third-order valence-corrected chi connectivity index (χ3v) is 3.74. The Hall–Kier alpha value is -0.900. The summed E-state index contributed by atoms with van der Waals surface area (Å²) >= 11 is 0. The number of aliphatic hydroxyl groups is 1. The zero-order valence-electron chi connectivity index (χ0n) is 11.8. The molecule has 4 heteroatoms. The first kappa shape index (κ1) is 13.5. The van der Waals surface area contributed by atoms with Crippen LogP contribution in [0.4, 0.5) is 0 Å². The zero-order chi connectivity index (χ0) is 13.3. The van der Waals surface area contributed by atoms with Crippen molar-refractivity contribution in [1.82, 2.24) is 10.1 Å². The summed E-state index contributed by atoms with van der Waals surface area (Å²) in [6, 6.07) is 0. The van der Waals surface area contributed by atoms with Gasteiger partial charge in [0.05, 0.1) is 12.0 Å². The Morgan fingerprint density at radius 2 is 1.94 bits per heavy atom. The smallest absolute Gasteiger partial charge is 0.229 e. The molecule has 1 saturated carbocycles. The van der Waals surface area contributed by atoms with E-state index in [1.807, 2.05) is 13.8 Å². The van der Waals surface area contributed by atoms with Crippen molar-refractivity contribution in [2.75, 3.05) is 0 Å². The summed E-state index contributed by atoms with van der Waals surface area (Å²) in [5.41, 5.74) is -0.669. The SMILES string of the molecule is CC(C)c1noc(CC2(O)C[C@H](C)C[C@H](C)C2)n1. The molecule has 0 aliphatic heterocycles. The molecule has 18 heavy (non-hydrogen) atoms. The zero-order valence-corrected chi connectivity index (χ0v) is 11.8. The first-order chi connectivity index (χ1) is 8.38. The Bertz CT molecular complexity index is 390. The van der Waals surface area contributed by atoms with Gasteiger partial charge in [0.15, 0.2) is 5.82 Å². The van der Waals surface area contributed by atoms with Crippen molar-refractivity contribution in [2.24, 2.45) is 11.8 Å². The van der Waals surface area contributed by atoms with Gasteiger partial charge in [0.25, 0.3) is 0 Å². The standard InChI is InChI=1S/C14H24N2O2/c1-9(2)13-15-12(18-16-13)8-14(17)6-10(3)5-11(4)7-14/h9-11,17H,5-8H2,1-4H3/t10-,11+,14?. The van der Waals surface area contributed by atoms with Crippen LogP contribution in [0.3, 0.4) is 0 Å². The number of hydrogen-bond acceptors (Lipinski definition) is 4. The number of aromatic nitrogens is 2. The maximum atomic E-state index is 10.7. The number of hydrogen-bond donors (Lipinski definition) is 1. The molecule has 0 aromatic carbocycles. The van der Waals surface area contributed by atoms with Crippen molar-refractivity contribution < 1.29 is 9.63 Å². The quantitative estimate of drug-likeness (QED) is 0.898. The highest BCUT2D eigenvalue weighted by atomic mass is 16.5. The maximum absolute atomic E-state index is 10.7. The van der Waals surface area contributed by atoms with E-state index in [9.17, 15) is 5.11 Å². The molecule has 0 amide bonds. The van der Waals surface area contributed by atoms with E-state index in [2.05, 4.69) is 24.0 Å². The van der Waals surface area contributed by atoms with Crippen molar-refractivity contribution in [1.29, 1.82) is 0 Å². The lowest BCUT2D eigenvalue weighted by atomic mass is 9.72. The molecule has 1 aliphatic rings. The summed E-state index contributed by atoms with van der Waals surface area (Å²) in [5, 5.41) is 14.6. The molecule has 1 aliphatic carbocycles. The molecule has 2 rings (SSSR count). The van der Waals surface area contributed by atoms with Crippen LogP contribution in [0, 0.1) is 11.8 Å². The van der Waals surface area contributed by atoms with Crippen LogP contribution in [0.5, 0.6) is 0 Å². The van der Waals surface area contributed by atoms with Crippen LogP contribution in [0.25, 0.3) is 0 Å². The minimum atomic E-state index is -0.669. The van der Waals surface area contributed by atoms with Crippen molar-refractivity contribution in [3.63, 3.8) is 0 Å². The Kier molecular flexibility index (Phi) is 3.76.